The first-order valence-electron chi connectivity index (χ1n) is 6.85. The predicted molar refractivity (Wildman–Crippen MR) is 82.1 cm³/mol. The van der Waals surface area contributed by atoms with Crippen molar-refractivity contribution in [3.05, 3.63) is 36.0 Å². The van der Waals surface area contributed by atoms with Crippen LogP contribution in [-0.2, 0) is 0 Å². The van der Waals surface area contributed by atoms with E-state index in [-0.39, 0.29) is 0 Å². The van der Waals surface area contributed by atoms with Crippen molar-refractivity contribution in [1.29, 1.82) is 0 Å². The summed E-state index contributed by atoms with van der Waals surface area (Å²) in [4.78, 5) is 6.95. The average molecular weight is 275 g/mol. The van der Waals surface area contributed by atoms with E-state index in [1.54, 1.807) is 0 Å². The van der Waals surface area contributed by atoms with Gasteiger partial charge in [0.1, 0.15) is 0 Å². The molecule has 19 heavy (non-hydrogen) atoms. The van der Waals surface area contributed by atoms with Gasteiger partial charge in [-0.3, -0.25) is 4.98 Å². The van der Waals surface area contributed by atoms with Gasteiger partial charge in [0.05, 0.1) is 5.52 Å². The van der Waals surface area contributed by atoms with Crippen molar-refractivity contribution in [3.63, 3.8) is 0 Å². The fourth-order valence-electron chi connectivity index (χ4n) is 2.89. The number of fused-ring (bicyclic) bond motifs is 1. The highest BCUT2D eigenvalue weighted by Gasteiger charge is 2.28. The summed E-state index contributed by atoms with van der Waals surface area (Å²) in [5, 5.41) is 1.63. The Labute approximate surface area is 119 Å². The second-order valence-electron chi connectivity index (χ2n) is 5.62. The number of benzene rings is 1. The van der Waals surface area contributed by atoms with Gasteiger partial charge >= 0.3 is 0 Å². The van der Waals surface area contributed by atoms with Crippen molar-refractivity contribution in [3.8, 4) is 0 Å². The Bertz CT molecular complexity index is 590. The molecular formula is C16H19ClN2. The maximum Gasteiger partial charge on any atom is 0.0726 e. The quantitative estimate of drug-likeness (QED) is 0.787. The van der Waals surface area contributed by atoms with Crippen LogP contribution in [0.4, 0.5) is 5.69 Å². The van der Waals surface area contributed by atoms with Crippen molar-refractivity contribution >= 4 is 28.2 Å². The lowest BCUT2D eigenvalue weighted by Gasteiger charge is -2.35. The van der Waals surface area contributed by atoms with Crippen LogP contribution in [0.5, 0.6) is 0 Å². The molecule has 1 aliphatic carbocycles. The van der Waals surface area contributed by atoms with Gasteiger partial charge in [-0.25, -0.2) is 0 Å². The topological polar surface area (TPSA) is 16.1 Å². The zero-order valence-electron chi connectivity index (χ0n) is 11.4. The molecule has 2 nitrogen and oxygen atoms in total. The number of hydrogen-bond donors (Lipinski definition) is 0. The van der Waals surface area contributed by atoms with E-state index in [2.05, 4.69) is 48.1 Å². The third-order valence-electron chi connectivity index (χ3n) is 3.94. The van der Waals surface area contributed by atoms with Crippen molar-refractivity contribution in [2.75, 3.05) is 18.5 Å². The number of alkyl halides is 1. The second-order valence-corrected chi connectivity index (χ2v) is 6.23. The summed E-state index contributed by atoms with van der Waals surface area (Å²) in [6.45, 7) is 3.14. The molecule has 0 unspecified atom stereocenters. The minimum absolute atomic E-state index is 0.398. The van der Waals surface area contributed by atoms with Gasteiger partial charge in [-0.2, -0.15) is 0 Å². The Morgan fingerprint density at radius 3 is 2.79 bits per heavy atom. The Balaban J connectivity index is 1.90. The summed E-state index contributed by atoms with van der Waals surface area (Å²) in [5.41, 5.74) is 3.43. The maximum atomic E-state index is 6.06. The van der Waals surface area contributed by atoms with E-state index in [4.69, 9.17) is 11.6 Å². The number of aryl methyl sites for hydroxylation is 1. The number of rotatable bonds is 3. The van der Waals surface area contributed by atoms with Crippen molar-refractivity contribution in [2.45, 2.75) is 25.1 Å². The molecule has 0 amide bonds. The third kappa shape index (κ3) is 2.55. The van der Waals surface area contributed by atoms with E-state index in [9.17, 15) is 0 Å². The summed E-state index contributed by atoms with van der Waals surface area (Å²) in [5.74, 6) is 0.736. The molecule has 1 aliphatic rings. The van der Waals surface area contributed by atoms with Crippen LogP contribution in [0.1, 0.15) is 18.5 Å². The lowest BCUT2D eigenvalue weighted by atomic mass is 9.84. The average Bonchev–Trinajstić information content (AvgIpc) is 2.35. The van der Waals surface area contributed by atoms with Gasteiger partial charge in [0.2, 0.25) is 0 Å². The molecule has 0 bridgehead atoms. The van der Waals surface area contributed by atoms with Crippen LogP contribution < -0.4 is 4.90 Å². The molecule has 1 aromatic heterocycles. The van der Waals surface area contributed by atoms with Gasteiger partial charge in [-0.05, 0) is 37.8 Å². The van der Waals surface area contributed by atoms with Crippen molar-refractivity contribution < 1.29 is 0 Å². The minimum Gasteiger partial charge on any atom is -0.374 e. The molecule has 3 heteroatoms. The maximum absolute atomic E-state index is 6.06. The highest BCUT2D eigenvalue weighted by molar-refractivity contribution is 6.21. The fraction of sp³-hybridized carbons (Fsp3) is 0.438. The molecule has 0 radical (unpaired) electrons. The van der Waals surface area contributed by atoms with Crippen LogP contribution >= 0.6 is 11.6 Å². The second kappa shape index (κ2) is 5.01. The van der Waals surface area contributed by atoms with Crippen LogP contribution in [0.15, 0.2) is 30.3 Å². The lowest BCUT2D eigenvalue weighted by molar-refractivity contribution is 0.329. The third-order valence-corrected chi connectivity index (χ3v) is 4.30. The Morgan fingerprint density at radius 2 is 2.05 bits per heavy atom. The first-order valence-corrected chi connectivity index (χ1v) is 7.28. The molecule has 3 rings (SSSR count). The normalized spacial score (nSPS) is 22.3. The summed E-state index contributed by atoms with van der Waals surface area (Å²) >= 11 is 6.06. The zero-order valence-corrected chi connectivity index (χ0v) is 12.2. The van der Waals surface area contributed by atoms with E-state index in [0.29, 0.717) is 5.38 Å². The summed E-state index contributed by atoms with van der Waals surface area (Å²) in [6.07, 6.45) is 2.29. The van der Waals surface area contributed by atoms with Crippen LogP contribution in [-0.4, -0.2) is 24.0 Å². The molecule has 0 aliphatic heterocycles. The van der Waals surface area contributed by atoms with Crippen LogP contribution in [0.2, 0.25) is 0 Å². The van der Waals surface area contributed by atoms with Crippen LogP contribution in [0, 0.1) is 12.8 Å². The number of hydrogen-bond acceptors (Lipinski definition) is 2. The first kappa shape index (κ1) is 12.7. The molecule has 0 atom stereocenters. The van der Waals surface area contributed by atoms with Gasteiger partial charge in [-0.15, -0.1) is 11.6 Å². The largest absolute Gasteiger partial charge is 0.374 e. The molecule has 1 aromatic carbocycles. The van der Waals surface area contributed by atoms with E-state index in [0.717, 1.165) is 36.5 Å². The fourth-order valence-corrected chi connectivity index (χ4v) is 3.39. The number of aromatic nitrogens is 1. The van der Waals surface area contributed by atoms with Crippen molar-refractivity contribution in [1.82, 2.24) is 4.98 Å². The van der Waals surface area contributed by atoms with Crippen LogP contribution in [0.3, 0.4) is 0 Å². The molecule has 0 saturated heterocycles. The number of anilines is 1. The standard InChI is InChI=1S/C16H19ClN2/c1-11-7-16(14-5-3-4-6-15(14)18-11)19(2)10-12-8-13(17)9-12/h3-7,12-13H,8-10H2,1-2H3. The Morgan fingerprint density at radius 1 is 1.32 bits per heavy atom. The highest BCUT2D eigenvalue weighted by atomic mass is 35.5. The smallest absolute Gasteiger partial charge is 0.0726 e. The number of halogens is 1. The minimum atomic E-state index is 0.398. The predicted octanol–water partition coefficient (Wildman–Crippen LogP) is 4.00. The number of nitrogens with zero attached hydrogens (tertiary/aromatic N) is 2. The SMILES string of the molecule is Cc1cc(N(C)CC2CC(Cl)C2)c2ccccc2n1. The molecule has 1 heterocycles. The monoisotopic (exact) mass is 274 g/mol. The number of pyridine rings is 1. The van der Waals surface area contributed by atoms with E-state index >= 15 is 0 Å². The zero-order chi connectivity index (χ0) is 13.4. The van der Waals surface area contributed by atoms with Gasteiger partial charge in [0.15, 0.2) is 0 Å². The van der Waals surface area contributed by atoms with Gasteiger partial charge in [0.25, 0.3) is 0 Å². The molecule has 1 saturated carbocycles. The van der Waals surface area contributed by atoms with E-state index in [1.165, 1.54) is 11.1 Å². The summed E-state index contributed by atoms with van der Waals surface area (Å²) in [7, 11) is 2.17. The Kier molecular flexibility index (Phi) is 3.36. The van der Waals surface area contributed by atoms with E-state index < -0.39 is 0 Å². The Hall–Kier alpha value is -1.28. The molecule has 1 fully saturated rings. The summed E-state index contributed by atoms with van der Waals surface area (Å²) in [6, 6.07) is 10.5. The van der Waals surface area contributed by atoms with Crippen LogP contribution in [0.25, 0.3) is 10.9 Å². The van der Waals surface area contributed by atoms with Gasteiger partial charge in [-0.1, -0.05) is 18.2 Å². The lowest BCUT2D eigenvalue weighted by Crippen LogP contribution is -2.34. The molecule has 0 N–H and O–H groups in total. The molecule has 2 aromatic rings. The van der Waals surface area contributed by atoms with Crippen molar-refractivity contribution in [2.24, 2.45) is 5.92 Å². The molecule has 0 spiro atoms. The highest BCUT2D eigenvalue weighted by Crippen LogP contribution is 2.34. The van der Waals surface area contributed by atoms with Gasteiger partial charge < -0.3 is 4.90 Å². The van der Waals surface area contributed by atoms with E-state index in [1.807, 2.05) is 6.07 Å². The first-order chi connectivity index (χ1) is 9.13. The molecule has 100 valence electrons. The summed E-state index contributed by atoms with van der Waals surface area (Å²) < 4.78 is 0. The number of para-hydroxylation sites is 1. The van der Waals surface area contributed by atoms with Gasteiger partial charge in [0, 0.05) is 35.7 Å². The molecular weight excluding hydrogens is 256 g/mol.